The van der Waals surface area contributed by atoms with Gasteiger partial charge in [0, 0.05) is 22.8 Å². The van der Waals surface area contributed by atoms with E-state index in [2.05, 4.69) is 30.5 Å². The summed E-state index contributed by atoms with van der Waals surface area (Å²) in [5, 5.41) is 6.02. The second-order valence-corrected chi connectivity index (χ2v) is 5.29. The van der Waals surface area contributed by atoms with Crippen LogP contribution in [0.4, 0.5) is 0 Å². The Bertz CT molecular complexity index is 340. The van der Waals surface area contributed by atoms with Gasteiger partial charge in [-0.15, -0.1) is 11.3 Å². The second-order valence-electron chi connectivity index (χ2n) is 3.95. The number of amides is 1. The molecule has 0 aromatic carbocycles. The van der Waals surface area contributed by atoms with Gasteiger partial charge < -0.3 is 10.6 Å². The van der Waals surface area contributed by atoms with E-state index in [9.17, 15) is 4.79 Å². The number of nitrogens with one attached hydrogen (secondary N) is 2. The molecule has 4 heteroatoms. The number of thiophene rings is 1. The summed E-state index contributed by atoms with van der Waals surface area (Å²) in [4.78, 5) is 14.1. The van der Waals surface area contributed by atoms with Gasteiger partial charge in [0.1, 0.15) is 0 Å². The predicted octanol–water partition coefficient (Wildman–Crippen LogP) is 1.98. The summed E-state index contributed by atoms with van der Waals surface area (Å²) >= 11 is 1.79. The molecule has 1 aromatic heterocycles. The van der Waals surface area contributed by atoms with Crippen LogP contribution in [0.15, 0.2) is 6.07 Å². The number of aryl methyl sites for hydroxylation is 2. The molecule has 2 N–H and O–H groups in total. The Morgan fingerprint density at radius 1 is 1.50 bits per heavy atom. The first-order chi connectivity index (χ1) is 7.54. The molecule has 1 heterocycles. The van der Waals surface area contributed by atoms with E-state index in [0.717, 1.165) is 6.54 Å². The number of carbonyl (C=O) groups excluding carboxylic acids is 1. The molecule has 0 spiro atoms. The molecule has 90 valence electrons. The molecule has 0 saturated carbocycles. The van der Waals surface area contributed by atoms with E-state index in [1.165, 1.54) is 15.3 Å². The van der Waals surface area contributed by atoms with Crippen molar-refractivity contribution >= 4 is 17.2 Å². The summed E-state index contributed by atoms with van der Waals surface area (Å²) in [6, 6.07) is 2.04. The zero-order valence-corrected chi connectivity index (χ0v) is 11.2. The van der Waals surface area contributed by atoms with Gasteiger partial charge in [0.05, 0.1) is 6.04 Å². The van der Waals surface area contributed by atoms with Crippen molar-refractivity contribution in [2.45, 2.75) is 40.3 Å². The molecule has 0 aliphatic carbocycles. The minimum atomic E-state index is -0.136. The van der Waals surface area contributed by atoms with E-state index in [1.807, 2.05) is 13.8 Å². The predicted molar refractivity (Wildman–Crippen MR) is 68.8 cm³/mol. The molecule has 0 saturated heterocycles. The lowest BCUT2D eigenvalue weighted by molar-refractivity contribution is -0.122. The van der Waals surface area contributed by atoms with Gasteiger partial charge in [0.15, 0.2) is 0 Å². The topological polar surface area (TPSA) is 41.1 Å². The Hall–Kier alpha value is -0.870. The summed E-state index contributed by atoms with van der Waals surface area (Å²) in [5.74, 6) is 0.0625. The molecule has 0 fully saturated rings. The van der Waals surface area contributed by atoms with Crippen LogP contribution in [-0.2, 0) is 11.3 Å². The SMILES string of the molecule is CCNC(=O)C(C)NCc1cc(C)c(C)s1. The minimum Gasteiger partial charge on any atom is -0.355 e. The molecule has 0 radical (unpaired) electrons. The minimum absolute atomic E-state index is 0.0625. The Morgan fingerprint density at radius 3 is 2.69 bits per heavy atom. The normalized spacial score (nSPS) is 12.5. The van der Waals surface area contributed by atoms with E-state index < -0.39 is 0 Å². The summed E-state index contributed by atoms with van der Waals surface area (Å²) in [6.07, 6.45) is 0. The Labute approximate surface area is 101 Å². The van der Waals surface area contributed by atoms with Gasteiger partial charge in [-0.2, -0.15) is 0 Å². The van der Waals surface area contributed by atoms with Gasteiger partial charge in [-0.1, -0.05) is 0 Å². The van der Waals surface area contributed by atoms with Crippen LogP contribution in [0.3, 0.4) is 0 Å². The lowest BCUT2D eigenvalue weighted by Gasteiger charge is -2.12. The van der Waals surface area contributed by atoms with Gasteiger partial charge in [0.25, 0.3) is 0 Å². The summed E-state index contributed by atoms with van der Waals surface area (Å²) < 4.78 is 0. The Kier molecular flexibility index (Phi) is 4.96. The molecule has 0 aliphatic heterocycles. The number of hydrogen-bond donors (Lipinski definition) is 2. The van der Waals surface area contributed by atoms with Crippen molar-refractivity contribution in [1.82, 2.24) is 10.6 Å². The average molecular weight is 240 g/mol. The third-order valence-electron chi connectivity index (χ3n) is 2.54. The van der Waals surface area contributed by atoms with Gasteiger partial charge in [-0.3, -0.25) is 4.79 Å². The van der Waals surface area contributed by atoms with Crippen LogP contribution in [0.1, 0.15) is 29.2 Å². The third kappa shape index (κ3) is 3.61. The van der Waals surface area contributed by atoms with Crippen molar-refractivity contribution in [3.05, 3.63) is 21.4 Å². The highest BCUT2D eigenvalue weighted by molar-refractivity contribution is 7.12. The first-order valence-corrected chi connectivity index (χ1v) is 6.43. The molecular weight excluding hydrogens is 220 g/mol. The van der Waals surface area contributed by atoms with Crippen molar-refractivity contribution in [3.63, 3.8) is 0 Å². The quantitative estimate of drug-likeness (QED) is 0.826. The standard InChI is InChI=1S/C12H20N2OS/c1-5-13-12(15)9(3)14-7-11-6-8(2)10(4)16-11/h6,9,14H,5,7H2,1-4H3,(H,13,15). The smallest absolute Gasteiger partial charge is 0.236 e. The zero-order valence-electron chi connectivity index (χ0n) is 10.4. The first kappa shape index (κ1) is 13.2. The fourth-order valence-electron chi connectivity index (χ4n) is 1.41. The highest BCUT2D eigenvalue weighted by atomic mass is 32.1. The van der Waals surface area contributed by atoms with Crippen LogP contribution >= 0.6 is 11.3 Å². The molecular formula is C12H20N2OS. The van der Waals surface area contributed by atoms with Crippen molar-refractivity contribution in [2.24, 2.45) is 0 Å². The first-order valence-electron chi connectivity index (χ1n) is 5.61. The van der Waals surface area contributed by atoms with Gasteiger partial charge in [-0.25, -0.2) is 0 Å². The monoisotopic (exact) mass is 240 g/mol. The highest BCUT2D eigenvalue weighted by Crippen LogP contribution is 2.20. The number of rotatable bonds is 5. The fourth-order valence-corrected chi connectivity index (χ4v) is 2.41. The number of hydrogen-bond acceptors (Lipinski definition) is 3. The summed E-state index contributed by atoms with van der Waals surface area (Å²) in [5.41, 5.74) is 1.33. The molecule has 1 aromatic rings. The van der Waals surface area contributed by atoms with Gasteiger partial charge in [0.2, 0.25) is 5.91 Å². The average Bonchev–Trinajstić information content (AvgIpc) is 2.55. The molecule has 1 rings (SSSR count). The molecule has 0 aliphatic rings. The molecule has 1 unspecified atom stereocenters. The maximum Gasteiger partial charge on any atom is 0.236 e. The lowest BCUT2D eigenvalue weighted by atomic mass is 10.2. The maximum atomic E-state index is 11.5. The molecule has 3 nitrogen and oxygen atoms in total. The molecule has 16 heavy (non-hydrogen) atoms. The van der Waals surface area contributed by atoms with Gasteiger partial charge in [-0.05, 0) is 39.3 Å². The molecule has 1 atom stereocenters. The Morgan fingerprint density at radius 2 is 2.19 bits per heavy atom. The van der Waals surface area contributed by atoms with Crippen LogP contribution in [0, 0.1) is 13.8 Å². The van der Waals surface area contributed by atoms with Gasteiger partial charge >= 0.3 is 0 Å². The van der Waals surface area contributed by atoms with Crippen LogP contribution in [0.2, 0.25) is 0 Å². The molecule has 0 bridgehead atoms. The fraction of sp³-hybridized carbons (Fsp3) is 0.583. The lowest BCUT2D eigenvalue weighted by Crippen LogP contribution is -2.41. The van der Waals surface area contributed by atoms with Crippen LogP contribution in [0.5, 0.6) is 0 Å². The number of likely N-dealkylation sites (N-methyl/N-ethyl adjacent to an activating group) is 1. The maximum absolute atomic E-state index is 11.5. The van der Waals surface area contributed by atoms with E-state index >= 15 is 0 Å². The van der Waals surface area contributed by atoms with E-state index in [1.54, 1.807) is 11.3 Å². The molecule has 1 amide bonds. The van der Waals surface area contributed by atoms with E-state index in [0.29, 0.717) is 6.54 Å². The number of carbonyl (C=O) groups is 1. The van der Waals surface area contributed by atoms with Crippen LogP contribution < -0.4 is 10.6 Å². The van der Waals surface area contributed by atoms with Crippen molar-refractivity contribution < 1.29 is 4.79 Å². The third-order valence-corrected chi connectivity index (χ3v) is 3.70. The van der Waals surface area contributed by atoms with Crippen molar-refractivity contribution in [2.75, 3.05) is 6.54 Å². The summed E-state index contributed by atoms with van der Waals surface area (Å²) in [6.45, 7) is 9.49. The summed E-state index contributed by atoms with van der Waals surface area (Å²) in [7, 11) is 0. The van der Waals surface area contributed by atoms with Crippen LogP contribution in [-0.4, -0.2) is 18.5 Å². The van der Waals surface area contributed by atoms with Crippen LogP contribution in [0.25, 0.3) is 0 Å². The van der Waals surface area contributed by atoms with E-state index in [-0.39, 0.29) is 11.9 Å². The zero-order chi connectivity index (χ0) is 12.1. The Balaban J connectivity index is 2.42. The highest BCUT2D eigenvalue weighted by Gasteiger charge is 2.11. The van der Waals surface area contributed by atoms with Crippen molar-refractivity contribution in [1.29, 1.82) is 0 Å². The van der Waals surface area contributed by atoms with E-state index in [4.69, 9.17) is 0 Å². The largest absolute Gasteiger partial charge is 0.355 e. The second kappa shape index (κ2) is 6.01. The van der Waals surface area contributed by atoms with Crippen molar-refractivity contribution in [3.8, 4) is 0 Å².